The average Bonchev–Trinajstić information content (AvgIpc) is 3.04. The van der Waals surface area contributed by atoms with Crippen molar-refractivity contribution in [2.75, 3.05) is 6.61 Å². The first kappa shape index (κ1) is 16.1. The van der Waals surface area contributed by atoms with Crippen molar-refractivity contribution < 1.29 is 9.53 Å². The lowest BCUT2D eigenvalue weighted by Gasteiger charge is -2.05. The highest BCUT2D eigenvalue weighted by atomic mass is 79.9. The molecule has 122 valence electrons. The van der Waals surface area contributed by atoms with Crippen molar-refractivity contribution in [3.05, 3.63) is 58.6 Å². The number of hydrogen-bond acceptors (Lipinski definition) is 5. The summed E-state index contributed by atoms with van der Waals surface area (Å²) in [5, 5.41) is 12.3. The molecule has 0 spiro atoms. The largest absolute Gasteiger partial charge is 0.492 e. The fourth-order valence-electron chi connectivity index (χ4n) is 2.04. The molecular weight excluding hydrogens is 374 g/mol. The molecule has 0 saturated heterocycles. The number of amides is 1. The van der Waals surface area contributed by atoms with Crippen molar-refractivity contribution in [3.8, 4) is 17.1 Å². The van der Waals surface area contributed by atoms with Gasteiger partial charge in [-0.25, -0.2) is 0 Å². The second kappa shape index (κ2) is 7.22. The van der Waals surface area contributed by atoms with Crippen molar-refractivity contribution in [1.82, 2.24) is 20.2 Å². The maximum absolute atomic E-state index is 11.1. The molecule has 0 aliphatic rings. The van der Waals surface area contributed by atoms with E-state index in [9.17, 15) is 4.79 Å². The van der Waals surface area contributed by atoms with Crippen LogP contribution in [0.5, 0.6) is 5.75 Å². The van der Waals surface area contributed by atoms with Gasteiger partial charge in [0, 0.05) is 15.6 Å². The summed E-state index contributed by atoms with van der Waals surface area (Å²) in [4.78, 5) is 12.5. The van der Waals surface area contributed by atoms with Crippen LogP contribution in [0.2, 0.25) is 0 Å². The predicted molar refractivity (Wildman–Crippen MR) is 91.4 cm³/mol. The summed E-state index contributed by atoms with van der Waals surface area (Å²) in [6.07, 6.45) is 0. The monoisotopic (exact) mass is 387 g/mol. The summed E-state index contributed by atoms with van der Waals surface area (Å²) in [5.74, 6) is 0.781. The number of ether oxygens (including phenoxy) is 1. The van der Waals surface area contributed by atoms with Gasteiger partial charge in [0.05, 0.1) is 6.54 Å². The van der Waals surface area contributed by atoms with Crippen LogP contribution < -0.4 is 10.5 Å². The summed E-state index contributed by atoms with van der Waals surface area (Å²) in [6.45, 7) is 0.895. The summed E-state index contributed by atoms with van der Waals surface area (Å²) in [7, 11) is 0. The standard InChI is InChI=1S/C16H14BrN5O2/c17-13-2-1-3-14(10-13)24-9-8-22-20-16(19-21-22)12-6-4-11(5-7-12)15(18)23/h1-7,10H,8-9H2,(H2,18,23). The van der Waals surface area contributed by atoms with Crippen molar-refractivity contribution in [3.63, 3.8) is 0 Å². The highest BCUT2D eigenvalue weighted by Crippen LogP contribution is 2.18. The van der Waals surface area contributed by atoms with E-state index in [1.807, 2.05) is 24.3 Å². The molecule has 0 fully saturated rings. The fourth-order valence-corrected chi connectivity index (χ4v) is 2.42. The molecule has 2 N–H and O–H groups in total. The third-order valence-electron chi connectivity index (χ3n) is 3.24. The summed E-state index contributed by atoms with van der Waals surface area (Å²) < 4.78 is 6.60. The molecule has 1 heterocycles. The van der Waals surface area contributed by atoms with Crippen LogP contribution in [0.4, 0.5) is 0 Å². The molecule has 24 heavy (non-hydrogen) atoms. The van der Waals surface area contributed by atoms with Gasteiger partial charge in [-0.1, -0.05) is 34.1 Å². The zero-order chi connectivity index (χ0) is 16.9. The van der Waals surface area contributed by atoms with Crippen LogP contribution in [0.1, 0.15) is 10.4 Å². The number of rotatable bonds is 6. The topological polar surface area (TPSA) is 95.9 Å². The van der Waals surface area contributed by atoms with Gasteiger partial charge in [-0.2, -0.15) is 4.80 Å². The van der Waals surface area contributed by atoms with Crippen LogP contribution in [0.15, 0.2) is 53.0 Å². The number of carbonyl (C=O) groups is 1. The number of benzene rings is 2. The van der Waals surface area contributed by atoms with Crippen LogP contribution in [0.3, 0.4) is 0 Å². The molecule has 0 unspecified atom stereocenters. The van der Waals surface area contributed by atoms with Gasteiger partial charge >= 0.3 is 0 Å². The molecule has 3 aromatic rings. The molecule has 0 aliphatic carbocycles. The SMILES string of the molecule is NC(=O)c1ccc(-c2nnn(CCOc3cccc(Br)c3)n2)cc1. The van der Waals surface area contributed by atoms with Crippen molar-refractivity contribution in [2.24, 2.45) is 5.73 Å². The normalized spacial score (nSPS) is 10.5. The van der Waals surface area contributed by atoms with Gasteiger partial charge in [-0.3, -0.25) is 4.79 Å². The Hall–Kier alpha value is -2.74. The number of tetrazole rings is 1. The van der Waals surface area contributed by atoms with Gasteiger partial charge < -0.3 is 10.5 Å². The zero-order valence-electron chi connectivity index (χ0n) is 12.6. The molecule has 1 aromatic heterocycles. The highest BCUT2D eigenvalue weighted by molar-refractivity contribution is 9.10. The molecule has 1 amide bonds. The number of nitrogens with two attached hydrogens (primary N) is 1. The van der Waals surface area contributed by atoms with Gasteiger partial charge in [-0.15, -0.1) is 10.2 Å². The molecule has 8 heteroatoms. The third-order valence-corrected chi connectivity index (χ3v) is 3.73. The molecule has 7 nitrogen and oxygen atoms in total. The van der Waals surface area contributed by atoms with Gasteiger partial charge in [0.25, 0.3) is 0 Å². The molecule has 0 bridgehead atoms. The maximum Gasteiger partial charge on any atom is 0.248 e. The lowest BCUT2D eigenvalue weighted by molar-refractivity contribution is 0.100. The Kier molecular flexibility index (Phi) is 4.85. The smallest absolute Gasteiger partial charge is 0.248 e. The molecule has 0 radical (unpaired) electrons. The Morgan fingerprint density at radius 2 is 2.00 bits per heavy atom. The first-order valence-corrected chi connectivity index (χ1v) is 7.97. The van der Waals surface area contributed by atoms with Crippen molar-refractivity contribution >= 4 is 21.8 Å². The number of nitrogens with zero attached hydrogens (tertiary/aromatic N) is 4. The summed E-state index contributed by atoms with van der Waals surface area (Å²) in [6, 6.07) is 14.3. The molecule has 0 aliphatic heterocycles. The highest BCUT2D eigenvalue weighted by Gasteiger charge is 2.07. The van der Waals surface area contributed by atoms with Gasteiger partial charge in [0.2, 0.25) is 11.7 Å². The Morgan fingerprint density at radius 1 is 1.21 bits per heavy atom. The van der Waals surface area contributed by atoms with Gasteiger partial charge in [0.1, 0.15) is 12.4 Å². The van der Waals surface area contributed by atoms with E-state index in [0.29, 0.717) is 24.5 Å². The summed E-state index contributed by atoms with van der Waals surface area (Å²) >= 11 is 3.39. The quantitative estimate of drug-likeness (QED) is 0.699. The number of aromatic nitrogens is 4. The minimum atomic E-state index is -0.470. The second-order valence-electron chi connectivity index (χ2n) is 4.96. The third kappa shape index (κ3) is 3.96. The number of carbonyl (C=O) groups excluding carboxylic acids is 1. The first-order valence-electron chi connectivity index (χ1n) is 7.18. The number of halogens is 1. The predicted octanol–water partition coefficient (Wildman–Crippen LogP) is 2.28. The van der Waals surface area contributed by atoms with E-state index < -0.39 is 5.91 Å². The molecule has 0 atom stereocenters. The van der Waals surface area contributed by atoms with Crippen LogP contribution in [-0.4, -0.2) is 32.7 Å². The number of primary amides is 1. The number of hydrogen-bond donors (Lipinski definition) is 1. The molecule has 2 aromatic carbocycles. The lowest BCUT2D eigenvalue weighted by atomic mass is 10.1. The fraction of sp³-hybridized carbons (Fsp3) is 0.125. The van der Waals surface area contributed by atoms with Crippen LogP contribution in [-0.2, 0) is 6.54 Å². The van der Waals surface area contributed by atoms with Gasteiger partial charge in [-0.05, 0) is 35.5 Å². The molecular formula is C16H14BrN5O2. The van der Waals surface area contributed by atoms with E-state index in [1.54, 1.807) is 24.3 Å². The van der Waals surface area contributed by atoms with E-state index >= 15 is 0 Å². The van der Waals surface area contributed by atoms with Crippen molar-refractivity contribution in [1.29, 1.82) is 0 Å². The van der Waals surface area contributed by atoms with E-state index in [0.717, 1.165) is 15.8 Å². The van der Waals surface area contributed by atoms with Crippen LogP contribution in [0.25, 0.3) is 11.4 Å². The Morgan fingerprint density at radius 3 is 2.71 bits per heavy atom. The Balaban J connectivity index is 1.60. The minimum absolute atomic E-state index is 0.423. The van der Waals surface area contributed by atoms with Crippen LogP contribution >= 0.6 is 15.9 Å². The van der Waals surface area contributed by atoms with E-state index in [1.165, 1.54) is 4.80 Å². The Labute approximate surface area is 146 Å². The average molecular weight is 388 g/mol. The van der Waals surface area contributed by atoms with E-state index in [-0.39, 0.29) is 0 Å². The van der Waals surface area contributed by atoms with Crippen molar-refractivity contribution in [2.45, 2.75) is 6.54 Å². The Bertz CT molecular complexity index is 848. The van der Waals surface area contributed by atoms with E-state index in [2.05, 4.69) is 31.3 Å². The molecule has 3 rings (SSSR count). The lowest BCUT2D eigenvalue weighted by Crippen LogP contribution is -2.11. The maximum atomic E-state index is 11.1. The minimum Gasteiger partial charge on any atom is -0.492 e. The molecule has 0 saturated carbocycles. The van der Waals surface area contributed by atoms with Gasteiger partial charge in [0.15, 0.2) is 0 Å². The zero-order valence-corrected chi connectivity index (χ0v) is 14.2. The first-order chi connectivity index (χ1) is 11.6. The second-order valence-corrected chi connectivity index (χ2v) is 5.87. The summed E-state index contributed by atoms with van der Waals surface area (Å²) in [5.41, 5.74) is 6.42. The van der Waals surface area contributed by atoms with E-state index in [4.69, 9.17) is 10.5 Å². The van der Waals surface area contributed by atoms with Crippen LogP contribution in [0, 0.1) is 0 Å².